The number of aryl methyl sites for hydroxylation is 1. The second-order valence-electron chi connectivity index (χ2n) is 5.60. The van der Waals surface area contributed by atoms with Crippen molar-refractivity contribution in [3.8, 4) is 0 Å². The van der Waals surface area contributed by atoms with Gasteiger partial charge in [-0.3, -0.25) is 4.68 Å². The first-order valence-corrected chi connectivity index (χ1v) is 6.64. The molecule has 0 fully saturated rings. The molecule has 1 heterocycles. The van der Waals surface area contributed by atoms with E-state index in [4.69, 9.17) is 10.5 Å². The first-order chi connectivity index (χ1) is 8.40. The molecule has 5 heteroatoms. The summed E-state index contributed by atoms with van der Waals surface area (Å²) in [4.78, 5) is 4.27. The van der Waals surface area contributed by atoms with Gasteiger partial charge < -0.3 is 10.5 Å². The molecule has 2 N–H and O–H groups in total. The van der Waals surface area contributed by atoms with E-state index in [1.165, 1.54) is 0 Å². The minimum Gasteiger partial charge on any atom is -0.376 e. The maximum Gasteiger partial charge on any atom is 0.138 e. The normalized spacial score (nSPS) is 15.7. The van der Waals surface area contributed by atoms with Crippen LogP contribution in [0, 0.1) is 5.41 Å². The lowest BCUT2D eigenvalue weighted by molar-refractivity contribution is -0.0279. The molecule has 0 saturated carbocycles. The smallest absolute Gasteiger partial charge is 0.138 e. The predicted octanol–water partition coefficient (Wildman–Crippen LogP) is 1.62. The third-order valence-corrected chi connectivity index (χ3v) is 3.00. The van der Waals surface area contributed by atoms with Crippen LogP contribution in [0.4, 0.5) is 0 Å². The average Bonchev–Trinajstić information content (AvgIpc) is 2.71. The molecule has 0 spiro atoms. The molecule has 104 valence electrons. The zero-order chi connectivity index (χ0) is 13.8. The van der Waals surface area contributed by atoms with Gasteiger partial charge in [0.05, 0.1) is 6.10 Å². The van der Waals surface area contributed by atoms with Crippen LogP contribution in [-0.2, 0) is 17.7 Å². The van der Waals surface area contributed by atoms with Crippen LogP contribution in [-0.4, -0.2) is 33.5 Å². The van der Waals surface area contributed by atoms with Crippen LogP contribution in [0.5, 0.6) is 0 Å². The highest BCUT2D eigenvalue weighted by Gasteiger charge is 2.31. The first kappa shape index (κ1) is 15.1. The Morgan fingerprint density at radius 2 is 2.06 bits per heavy atom. The Bertz CT molecular complexity index is 356. The second-order valence-corrected chi connectivity index (χ2v) is 5.60. The first-order valence-electron chi connectivity index (χ1n) is 6.64. The highest BCUT2D eigenvalue weighted by molar-refractivity contribution is 4.94. The number of ether oxygens (including phenoxy) is 1. The van der Waals surface area contributed by atoms with Crippen molar-refractivity contribution in [3.05, 3.63) is 12.2 Å². The van der Waals surface area contributed by atoms with E-state index in [0.29, 0.717) is 13.0 Å². The zero-order valence-electron chi connectivity index (χ0n) is 12.2. The molecule has 18 heavy (non-hydrogen) atoms. The molecule has 0 radical (unpaired) electrons. The molecule has 1 aromatic heterocycles. The van der Waals surface area contributed by atoms with Gasteiger partial charge in [0.25, 0.3) is 0 Å². The van der Waals surface area contributed by atoms with Crippen LogP contribution in [0.15, 0.2) is 6.33 Å². The topological polar surface area (TPSA) is 66.0 Å². The molecule has 1 aromatic rings. The molecule has 0 bridgehead atoms. The number of hydrogen-bond acceptors (Lipinski definition) is 4. The van der Waals surface area contributed by atoms with Gasteiger partial charge in [0, 0.05) is 25.6 Å². The van der Waals surface area contributed by atoms with E-state index in [1.807, 2.05) is 18.5 Å². The van der Waals surface area contributed by atoms with Crippen molar-refractivity contribution in [2.75, 3.05) is 6.61 Å². The average molecular weight is 254 g/mol. The maximum absolute atomic E-state index is 6.30. The standard InChI is InChI=1S/C13H26N4O/c1-6-17-11(15-9-16-17)8-10(14)12(18-7-2)13(3,4)5/h9-10,12H,6-8,14H2,1-5H3. The monoisotopic (exact) mass is 254 g/mol. The number of nitrogens with zero attached hydrogens (tertiary/aromatic N) is 3. The molecule has 0 aliphatic heterocycles. The van der Waals surface area contributed by atoms with Crippen molar-refractivity contribution >= 4 is 0 Å². The van der Waals surface area contributed by atoms with Crippen LogP contribution in [0.1, 0.15) is 40.4 Å². The van der Waals surface area contributed by atoms with Crippen molar-refractivity contribution in [3.63, 3.8) is 0 Å². The summed E-state index contributed by atoms with van der Waals surface area (Å²) in [5.74, 6) is 0.930. The zero-order valence-corrected chi connectivity index (χ0v) is 12.2. The highest BCUT2D eigenvalue weighted by atomic mass is 16.5. The Balaban J connectivity index is 2.75. The Morgan fingerprint density at radius 3 is 2.56 bits per heavy atom. The highest BCUT2D eigenvalue weighted by Crippen LogP contribution is 2.25. The molecule has 5 nitrogen and oxygen atoms in total. The quantitative estimate of drug-likeness (QED) is 0.837. The van der Waals surface area contributed by atoms with Crippen molar-refractivity contribution in [1.29, 1.82) is 0 Å². The lowest BCUT2D eigenvalue weighted by Crippen LogP contribution is -2.47. The van der Waals surface area contributed by atoms with Gasteiger partial charge in [-0.1, -0.05) is 20.8 Å². The number of hydrogen-bond donors (Lipinski definition) is 1. The Hall–Kier alpha value is -0.940. The summed E-state index contributed by atoms with van der Waals surface area (Å²) in [6, 6.07) is -0.0700. The Kier molecular flexibility index (Phi) is 5.28. The van der Waals surface area contributed by atoms with Crippen LogP contribution >= 0.6 is 0 Å². The van der Waals surface area contributed by atoms with Crippen LogP contribution in [0.2, 0.25) is 0 Å². The molecule has 0 aliphatic rings. The molecule has 2 unspecified atom stereocenters. The fourth-order valence-corrected chi connectivity index (χ4v) is 2.22. The summed E-state index contributed by atoms with van der Waals surface area (Å²) in [7, 11) is 0. The molecule has 1 rings (SSSR count). The molecular weight excluding hydrogens is 228 g/mol. The van der Waals surface area contributed by atoms with Gasteiger partial charge in [-0.15, -0.1) is 0 Å². The summed E-state index contributed by atoms with van der Waals surface area (Å²) in [5.41, 5.74) is 6.32. The van der Waals surface area contributed by atoms with E-state index >= 15 is 0 Å². The van der Waals surface area contributed by atoms with E-state index < -0.39 is 0 Å². The van der Waals surface area contributed by atoms with Gasteiger partial charge in [0.2, 0.25) is 0 Å². The van der Waals surface area contributed by atoms with Crippen molar-refractivity contribution in [1.82, 2.24) is 14.8 Å². The summed E-state index contributed by atoms with van der Waals surface area (Å²) in [6.45, 7) is 12.0. The molecule has 0 aromatic carbocycles. The molecule has 0 saturated heterocycles. The van der Waals surface area contributed by atoms with E-state index in [9.17, 15) is 0 Å². The summed E-state index contributed by atoms with van der Waals surface area (Å²) in [5, 5.41) is 4.16. The fraction of sp³-hybridized carbons (Fsp3) is 0.846. The van der Waals surface area contributed by atoms with E-state index in [-0.39, 0.29) is 17.6 Å². The molecular formula is C13H26N4O. The molecule has 0 amide bonds. The molecule has 2 atom stereocenters. The molecule has 0 aliphatic carbocycles. The number of nitrogens with two attached hydrogens (primary N) is 1. The largest absolute Gasteiger partial charge is 0.376 e. The lowest BCUT2D eigenvalue weighted by atomic mass is 9.83. The lowest BCUT2D eigenvalue weighted by Gasteiger charge is -2.34. The van der Waals surface area contributed by atoms with Gasteiger partial charge in [-0.2, -0.15) is 5.10 Å². The minimum absolute atomic E-state index is 0.0181. The van der Waals surface area contributed by atoms with Gasteiger partial charge in [0.15, 0.2) is 0 Å². The maximum atomic E-state index is 6.30. The van der Waals surface area contributed by atoms with Crippen LogP contribution < -0.4 is 5.73 Å². The van der Waals surface area contributed by atoms with Crippen molar-refractivity contribution < 1.29 is 4.74 Å². The van der Waals surface area contributed by atoms with Crippen LogP contribution in [0.25, 0.3) is 0 Å². The van der Waals surface area contributed by atoms with E-state index in [1.54, 1.807) is 6.33 Å². The summed E-state index contributed by atoms with van der Waals surface area (Å²) in [6.07, 6.45) is 2.29. The Morgan fingerprint density at radius 1 is 1.39 bits per heavy atom. The summed E-state index contributed by atoms with van der Waals surface area (Å²) >= 11 is 0. The third kappa shape index (κ3) is 3.78. The fourth-order valence-electron chi connectivity index (χ4n) is 2.22. The summed E-state index contributed by atoms with van der Waals surface area (Å²) < 4.78 is 7.69. The van der Waals surface area contributed by atoms with Gasteiger partial charge in [-0.25, -0.2) is 4.98 Å². The van der Waals surface area contributed by atoms with Gasteiger partial charge >= 0.3 is 0 Å². The van der Waals surface area contributed by atoms with Crippen LogP contribution in [0.3, 0.4) is 0 Å². The second kappa shape index (κ2) is 6.29. The third-order valence-electron chi connectivity index (χ3n) is 3.00. The predicted molar refractivity (Wildman–Crippen MR) is 72.2 cm³/mol. The van der Waals surface area contributed by atoms with E-state index in [2.05, 4.69) is 30.9 Å². The SMILES string of the molecule is CCOC(C(N)Cc1ncnn1CC)C(C)(C)C. The minimum atomic E-state index is -0.0700. The van der Waals surface area contributed by atoms with E-state index in [0.717, 1.165) is 12.4 Å². The van der Waals surface area contributed by atoms with Gasteiger partial charge in [0.1, 0.15) is 12.2 Å². The van der Waals surface area contributed by atoms with Gasteiger partial charge in [-0.05, 0) is 19.3 Å². The Labute approximate surface area is 110 Å². The van der Waals surface area contributed by atoms with Crippen molar-refractivity contribution in [2.24, 2.45) is 11.1 Å². The van der Waals surface area contributed by atoms with Crippen molar-refractivity contribution in [2.45, 2.75) is 59.7 Å². The number of rotatable bonds is 6. The number of aromatic nitrogens is 3.